The maximum Gasteiger partial charge on any atom is 0.253 e. The summed E-state index contributed by atoms with van der Waals surface area (Å²) in [5.41, 5.74) is 9.81. The van der Waals surface area contributed by atoms with Crippen molar-refractivity contribution in [2.24, 2.45) is 11.8 Å². The van der Waals surface area contributed by atoms with Gasteiger partial charge in [-0.25, -0.2) is 0 Å². The number of fused-ring (bicyclic) bond motifs is 4. The van der Waals surface area contributed by atoms with Crippen molar-refractivity contribution in [3.05, 3.63) is 58.0 Å². The second-order valence-corrected chi connectivity index (χ2v) is 10.5. The summed E-state index contributed by atoms with van der Waals surface area (Å²) in [4.78, 5) is 44.5. The van der Waals surface area contributed by atoms with E-state index in [0.717, 1.165) is 50.3 Å². The maximum absolute atomic E-state index is 13.3. The summed E-state index contributed by atoms with van der Waals surface area (Å²) < 4.78 is 1.93. The first kappa shape index (κ1) is 24.4. The zero-order valence-corrected chi connectivity index (χ0v) is 21.4. The van der Waals surface area contributed by atoms with Crippen molar-refractivity contribution >= 4 is 23.2 Å². The highest BCUT2D eigenvalue weighted by atomic mass is 16.2. The number of nitrogens with two attached hydrogens (primary N) is 1. The predicted molar refractivity (Wildman–Crippen MR) is 141 cm³/mol. The smallest absolute Gasteiger partial charge is 0.253 e. The Morgan fingerprint density at radius 2 is 1.86 bits per heavy atom. The number of aromatic nitrogens is 1. The van der Waals surface area contributed by atoms with Crippen LogP contribution >= 0.6 is 0 Å². The molecule has 1 aromatic heterocycles. The van der Waals surface area contributed by atoms with Crippen molar-refractivity contribution in [2.45, 2.75) is 45.6 Å². The number of anilines is 2. The van der Waals surface area contributed by atoms with E-state index < -0.39 is 0 Å². The molecule has 8 heteroatoms. The predicted octanol–water partition coefficient (Wildman–Crippen LogP) is 2.77. The number of benzene rings is 1. The van der Waals surface area contributed by atoms with Crippen LogP contribution in [0, 0.1) is 11.8 Å². The molecule has 0 radical (unpaired) electrons. The molecule has 8 nitrogen and oxygen atoms in total. The molecule has 2 amide bonds. The molecule has 3 aliphatic rings. The van der Waals surface area contributed by atoms with Crippen LogP contribution in [-0.2, 0) is 11.3 Å². The van der Waals surface area contributed by atoms with E-state index in [2.05, 4.69) is 11.0 Å². The first-order valence-corrected chi connectivity index (χ1v) is 13.3. The van der Waals surface area contributed by atoms with Gasteiger partial charge in [-0.2, -0.15) is 0 Å². The molecule has 5 rings (SSSR count). The molecule has 2 aromatic rings. The molecule has 192 valence electrons. The summed E-state index contributed by atoms with van der Waals surface area (Å²) in [5, 5.41) is 0. The van der Waals surface area contributed by atoms with E-state index in [4.69, 9.17) is 5.73 Å². The van der Waals surface area contributed by atoms with E-state index in [-0.39, 0.29) is 23.3 Å². The van der Waals surface area contributed by atoms with E-state index in [9.17, 15) is 14.4 Å². The average molecular weight is 492 g/mol. The van der Waals surface area contributed by atoms with Crippen molar-refractivity contribution in [3.63, 3.8) is 0 Å². The minimum atomic E-state index is -0.137. The third-order valence-electron chi connectivity index (χ3n) is 8.23. The molecule has 2 bridgehead atoms. The third kappa shape index (κ3) is 4.49. The van der Waals surface area contributed by atoms with Crippen LogP contribution in [0.2, 0.25) is 0 Å². The second-order valence-electron chi connectivity index (χ2n) is 10.5. The highest BCUT2D eigenvalue weighted by Crippen LogP contribution is 2.38. The van der Waals surface area contributed by atoms with Crippen molar-refractivity contribution in [1.29, 1.82) is 0 Å². The molecule has 0 aliphatic carbocycles. The zero-order chi connectivity index (χ0) is 25.4. The first-order chi connectivity index (χ1) is 17.4. The quantitative estimate of drug-likeness (QED) is 0.650. The number of hydrogen-bond donors (Lipinski definition) is 1. The van der Waals surface area contributed by atoms with Gasteiger partial charge in [-0.1, -0.05) is 6.07 Å². The largest absolute Gasteiger partial charge is 0.397 e. The molecule has 36 heavy (non-hydrogen) atoms. The normalized spacial score (nSPS) is 23.2. The van der Waals surface area contributed by atoms with Gasteiger partial charge in [0.15, 0.2) is 0 Å². The molecular formula is C28H37N5O3. The molecule has 2 fully saturated rings. The Labute approximate surface area is 212 Å². The summed E-state index contributed by atoms with van der Waals surface area (Å²) >= 11 is 0. The van der Waals surface area contributed by atoms with Gasteiger partial charge in [0, 0.05) is 69.1 Å². The number of amides is 2. The van der Waals surface area contributed by atoms with E-state index >= 15 is 0 Å². The van der Waals surface area contributed by atoms with Crippen LogP contribution in [-0.4, -0.2) is 65.4 Å². The maximum atomic E-state index is 13.3. The van der Waals surface area contributed by atoms with Crippen LogP contribution in [0.4, 0.5) is 11.4 Å². The van der Waals surface area contributed by atoms with Crippen LogP contribution in [0.25, 0.3) is 0 Å². The molecule has 4 heterocycles. The topological polar surface area (TPSA) is 91.9 Å². The lowest BCUT2D eigenvalue weighted by molar-refractivity contribution is -0.136. The van der Waals surface area contributed by atoms with Crippen molar-refractivity contribution < 1.29 is 9.59 Å². The number of carbonyl (C=O) groups is 2. The van der Waals surface area contributed by atoms with E-state index in [0.29, 0.717) is 49.3 Å². The van der Waals surface area contributed by atoms with E-state index in [1.165, 1.54) is 0 Å². The fraction of sp³-hybridized carbons (Fsp3) is 0.536. The lowest BCUT2D eigenvalue weighted by Crippen LogP contribution is -2.47. The molecular weight excluding hydrogens is 454 g/mol. The fourth-order valence-electron chi connectivity index (χ4n) is 6.41. The van der Waals surface area contributed by atoms with Crippen LogP contribution in [0.1, 0.15) is 55.1 Å². The Hall–Kier alpha value is -3.29. The lowest BCUT2D eigenvalue weighted by Gasteiger charge is -2.44. The molecule has 3 unspecified atom stereocenters. The number of rotatable bonds is 5. The van der Waals surface area contributed by atoms with Gasteiger partial charge >= 0.3 is 0 Å². The van der Waals surface area contributed by atoms with Gasteiger partial charge in [0.1, 0.15) is 0 Å². The van der Waals surface area contributed by atoms with Crippen molar-refractivity contribution in [3.8, 4) is 0 Å². The Morgan fingerprint density at radius 1 is 1.06 bits per heavy atom. The van der Waals surface area contributed by atoms with Gasteiger partial charge < -0.3 is 25.0 Å². The molecule has 1 aromatic carbocycles. The summed E-state index contributed by atoms with van der Waals surface area (Å²) in [5.74, 6) is 0.634. The van der Waals surface area contributed by atoms with Crippen molar-refractivity contribution in [1.82, 2.24) is 14.4 Å². The summed E-state index contributed by atoms with van der Waals surface area (Å²) in [7, 11) is 0. The highest BCUT2D eigenvalue weighted by molar-refractivity contribution is 5.96. The molecule has 3 aliphatic heterocycles. The summed E-state index contributed by atoms with van der Waals surface area (Å²) in [6.45, 7) is 8.88. The molecule has 3 atom stereocenters. The Morgan fingerprint density at radius 3 is 2.61 bits per heavy atom. The standard InChI is InChI=1S/C28H37N5O3/c1-3-30(4-2)28(36)21-7-6-12-31(17-21)27(35)20-10-11-25(23(29)14-20)32-15-19-13-22(18-32)24-8-5-9-26(34)33(24)16-19/h5,8-11,14,19,21-22H,3-4,6-7,12-13,15-18,29H2,1-2H3. The minimum Gasteiger partial charge on any atom is -0.397 e. The number of piperidine rings is 2. The van der Waals surface area contributed by atoms with Crippen LogP contribution in [0.15, 0.2) is 41.2 Å². The van der Waals surface area contributed by atoms with Crippen molar-refractivity contribution in [2.75, 3.05) is 49.9 Å². The molecule has 2 saturated heterocycles. The zero-order valence-electron chi connectivity index (χ0n) is 21.4. The van der Waals surface area contributed by atoms with Gasteiger partial charge in [-0.05, 0) is 63.3 Å². The summed E-state index contributed by atoms with van der Waals surface area (Å²) in [6.07, 6.45) is 2.74. The number of nitrogen functional groups attached to an aromatic ring is 1. The van der Waals surface area contributed by atoms with Crippen LogP contribution in [0.3, 0.4) is 0 Å². The fourth-order valence-corrected chi connectivity index (χ4v) is 6.41. The van der Waals surface area contributed by atoms with Gasteiger partial charge in [0.05, 0.1) is 17.3 Å². The number of carbonyl (C=O) groups excluding carboxylic acids is 2. The summed E-state index contributed by atoms with van der Waals surface area (Å²) in [6, 6.07) is 11.2. The van der Waals surface area contributed by atoms with Gasteiger partial charge in [-0.3, -0.25) is 14.4 Å². The number of nitrogens with zero attached hydrogens (tertiary/aromatic N) is 4. The van der Waals surface area contributed by atoms with Crippen LogP contribution in [0.5, 0.6) is 0 Å². The number of pyridine rings is 1. The molecule has 0 spiro atoms. The second kappa shape index (κ2) is 9.99. The lowest BCUT2D eigenvalue weighted by atomic mass is 9.83. The van der Waals surface area contributed by atoms with Gasteiger partial charge in [0.25, 0.3) is 11.5 Å². The number of likely N-dealkylation sites (tertiary alicyclic amines) is 1. The Kier molecular flexibility index (Phi) is 6.77. The van der Waals surface area contributed by atoms with E-state index in [1.54, 1.807) is 12.1 Å². The number of hydrogen-bond acceptors (Lipinski definition) is 5. The van der Waals surface area contributed by atoms with Crippen LogP contribution < -0.4 is 16.2 Å². The Bertz CT molecular complexity index is 1200. The third-order valence-corrected chi connectivity index (χ3v) is 8.23. The SMILES string of the molecule is CCN(CC)C(=O)C1CCCN(C(=O)c2ccc(N3CC4CC(C3)c3cccc(=O)n3C4)c(N)c2)C1. The van der Waals surface area contributed by atoms with E-state index in [1.807, 2.05) is 46.4 Å². The molecule has 2 N–H and O–H groups in total. The average Bonchev–Trinajstić information content (AvgIpc) is 2.89. The monoisotopic (exact) mass is 491 g/mol. The first-order valence-electron chi connectivity index (χ1n) is 13.3. The molecule has 0 saturated carbocycles. The van der Waals surface area contributed by atoms with Gasteiger partial charge in [0.2, 0.25) is 5.91 Å². The highest BCUT2D eigenvalue weighted by Gasteiger charge is 2.35. The van der Waals surface area contributed by atoms with Gasteiger partial charge in [-0.15, -0.1) is 0 Å². The minimum absolute atomic E-state index is 0.0610. The Balaban J connectivity index is 1.30.